The van der Waals surface area contributed by atoms with Crippen molar-refractivity contribution in [2.24, 2.45) is 11.8 Å². The van der Waals surface area contributed by atoms with E-state index in [-0.39, 0.29) is 11.8 Å². The molecule has 2 amide bonds. The molecule has 3 rings (SSSR count). The van der Waals surface area contributed by atoms with Crippen molar-refractivity contribution in [2.45, 2.75) is 32.6 Å². The highest BCUT2D eigenvalue weighted by Crippen LogP contribution is 2.25. The molecule has 0 saturated carbocycles. The average molecular weight is 393 g/mol. The smallest absolute Gasteiger partial charge is 0.254 e. The van der Waals surface area contributed by atoms with Crippen molar-refractivity contribution in [1.82, 2.24) is 9.80 Å². The van der Waals surface area contributed by atoms with Gasteiger partial charge in [0, 0.05) is 36.6 Å². The molecule has 1 unspecified atom stereocenters. The van der Waals surface area contributed by atoms with Gasteiger partial charge in [0.1, 0.15) is 0 Å². The zero-order valence-corrected chi connectivity index (χ0v) is 15.8. The molecule has 2 saturated heterocycles. The number of rotatable bonds is 2. The monoisotopic (exact) mass is 392 g/mol. The Hall–Kier alpha value is -1.36. The Morgan fingerprint density at radius 1 is 1.04 bits per heavy atom. The van der Waals surface area contributed by atoms with Crippen LogP contribution in [0, 0.1) is 11.8 Å². The molecule has 2 aliphatic heterocycles. The molecule has 2 aliphatic rings. The summed E-state index contributed by atoms with van der Waals surface area (Å²) in [7, 11) is 0. The van der Waals surface area contributed by atoms with Gasteiger partial charge >= 0.3 is 0 Å². The molecule has 0 aliphatic carbocycles. The van der Waals surface area contributed by atoms with Crippen molar-refractivity contribution < 1.29 is 9.59 Å². The SMILES string of the molecule is CC1CCCN(C(=O)C2CCN(C(=O)c3ccccc3Br)CC2)C1. The number of hydrogen-bond acceptors (Lipinski definition) is 2. The first-order valence-corrected chi connectivity index (χ1v) is 9.68. The summed E-state index contributed by atoms with van der Waals surface area (Å²) in [6, 6.07) is 7.52. The molecular formula is C19H25BrN2O2. The second-order valence-electron chi connectivity index (χ2n) is 7.08. The predicted molar refractivity (Wildman–Crippen MR) is 97.7 cm³/mol. The number of hydrogen-bond donors (Lipinski definition) is 0. The Morgan fingerprint density at radius 3 is 2.42 bits per heavy atom. The zero-order chi connectivity index (χ0) is 17.1. The maximum Gasteiger partial charge on any atom is 0.254 e. The van der Waals surface area contributed by atoms with Crippen molar-refractivity contribution in [1.29, 1.82) is 0 Å². The average Bonchev–Trinajstić information content (AvgIpc) is 2.61. The number of likely N-dealkylation sites (tertiary alicyclic amines) is 2. The largest absolute Gasteiger partial charge is 0.342 e. The summed E-state index contributed by atoms with van der Waals surface area (Å²) in [5.41, 5.74) is 0.701. The highest BCUT2D eigenvalue weighted by molar-refractivity contribution is 9.10. The second-order valence-corrected chi connectivity index (χ2v) is 7.93. The van der Waals surface area contributed by atoms with Crippen LogP contribution < -0.4 is 0 Å². The Morgan fingerprint density at radius 2 is 1.75 bits per heavy atom. The summed E-state index contributed by atoms with van der Waals surface area (Å²) >= 11 is 3.45. The minimum atomic E-state index is 0.0555. The number of amides is 2. The number of carbonyl (C=O) groups excluding carboxylic acids is 2. The van der Waals surface area contributed by atoms with Gasteiger partial charge < -0.3 is 9.80 Å². The molecular weight excluding hydrogens is 368 g/mol. The van der Waals surface area contributed by atoms with Gasteiger partial charge in [0.05, 0.1) is 5.56 Å². The van der Waals surface area contributed by atoms with Crippen molar-refractivity contribution in [3.63, 3.8) is 0 Å². The summed E-state index contributed by atoms with van der Waals surface area (Å²) < 4.78 is 0.829. The number of benzene rings is 1. The van der Waals surface area contributed by atoms with E-state index in [2.05, 4.69) is 22.9 Å². The third-order valence-corrected chi connectivity index (χ3v) is 5.90. The number of carbonyl (C=O) groups is 2. The van der Waals surface area contributed by atoms with E-state index in [0.29, 0.717) is 30.5 Å². The fraction of sp³-hybridized carbons (Fsp3) is 0.579. The van der Waals surface area contributed by atoms with E-state index in [1.54, 1.807) is 0 Å². The van der Waals surface area contributed by atoms with E-state index >= 15 is 0 Å². The molecule has 130 valence electrons. The van der Waals surface area contributed by atoms with Crippen LogP contribution in [0.3, 0.4) is 0 Å². The van der Waals surface area contributed by atoms with Gasteiger partial charge in [-0.15, -0.1) is 0 Å². The van der Waals surface area contributed by atoms with Crippen LogP contribution in [0.25, 0.3) is 0 Å². The molecule has 0 spiro atoms. The van der Waals surface area contributed by atoms with E-state index < -0.39 is 0 Å². The molecule has 0 aromatic heterocycles. The van der Waals surface area contributed by atoms with Crippen LogP contribution in [0.2, 0.25) is 0 Å². The summed E-state index contributed by atoms with van der Waals surface area (Å²) in [5.74, 6) is 1.05. The molecule has 0 radical (unpaired) electrons. The number of halogens is 1. The van der Waals surface area contributed by atoms with E-state index in [0.717, 1.165) is 36.8 Å². The normalized spacial score (nSPS) is 22.5. The number of piperidine rings is 2. The fourth-order valence-corrected chi connectivity index (χ4v) is 4.24. The molecule has 5 heteroatoms. The molecule has 0 bridgehead atoms. The van der Waals surface area contributed by atoms with Crippen LogP contribution >= 0.6 is 15.9 Å². The summed E-state index contributed by atoms with van der Waals surface area (Å²) in [6.45, 7) is 5.35. The molecule has 0 N–H and O–H groups in total. The summed E-state index contributed by atoms with van der Waals surface area (Å²) in [6.07, 6.45) is 3.90. The van der Waals surface area contributed by atoms with Crippen LogP contribution in [0.15, 0.2) is 28.7 Å². The highest BCUT2D eigenvalue weighted by atomic mass is 79.9. The standard InChI is InChI=1S/C19H25BrN2O2/c1-14-5-4-10-22(13-14)18(23)15-8-11-21(12-9-15)19(24)16-6-2-3-7-17(16)20/h2-3,6-7,14-15H,4-5,8-13H2,1H3. The minimum Gasteiger partial charge on any atom is -0.342 e. The van der Waals surface area contributed by atoms with Crippen LogP contribution in [0.5, 0.6) is 0 Å². The van der Waals surface area contributed by atoms with Crippen LogP contribution in [-0.4, -0.2) is 47.8 Å². The molecule has 24 heavy (non-hydrogen) atoms. The first-order valence-electron chi connectivity index (χ1n) is 8.89. The fourth-order valence-electron chi connectivity index (χ4n) is 3.78. The van der Waals surface area contributed by atoms with Gasteiger partial charge in [-0.2, -0.15) is 0 Å². The van der Waals surface area contributed by atoms with Gasteiger partial charge in [-0.1, -0.05) is 19.1 Å². The number of nitrogens with zero attached hydrogens (tertiary/aromatic N) is 2. The van der Waals surface area contributed by atoms with Crippen molar-refractivity contribution >= 4 is 27.7 Å². The van der Waals surface area contributed by atoms with E-state index in [1.807, 2.05) is 34.1 Å². The van der Waals surface area contributed by atoms with Crippen molar-refractivity contribution in [2.75, 3.05) is 26.2 Å². The van der Waals surface area contributed by atoms with Gasteiger partial charge in [-0.3, -0.25) is 9.59 Å². The lowest BCUT2D eigenvalue weighted by molar-refractivity contribution is -0.138. The maximum absolute atomic E-state index is 12.7. The van der Waals surface area contributed by atoms with Crippen LogP contribution in [0.4, 0.5) is 0 Å². The molecule has 1 aromatic rings. The molecule has 2 heterocycles. The Kier molecular flexibility index (Phi) is 5.59. The van der Waals surface area contributed by atoms with Gasteiger partial charge in [0.25, 0.3) is 5.91 Å². The Bertz CT molecular complexity index is 611. The second kappa shape index (κ2) is 7.68. The third kappa shape index (κ3) is 3.82. The first-order chi connectivity index (χ1) is 11.6. The van der Waals surface area contributed by atoms with Gasteiger partial charge in [-0.25, -0.2) is 0 Å². The lowest BCUT2D eigenvalue weighted by Gasteiger charge is -2.37. The highest BCUT2D eigenvalue weighted by Gasteiger charge is 2.32. The zero-order valence-electron chi connectivity index (χ0n) is 14.2. The molecule has 1 aromatic carbocycles. The van der Waals surface area contributed by atoms with Gasteiger partial charge in [-0.05, 0) is 59.7 Å². The van der Waals surface area contributed by atoms with Crippen LogP contribution in [0.1, 0.15) is 43.0 Å². The maximum atomic E-state index is 12.7. The lowest BCUT2D eigenvalue weighted by atomic mass is 9.92. The van der Waals surface area contributed by atoms with E-state index in [4.69, 9.17) is 0 Å². The third-order valence-electron chi connectivity index (χ3n) is 5.20. The Balaban J connectivity index is 1.56. The van der Waals surface area contributed by atoms with Gasteiger partial charge in [0.2, 0.25) is 5.91 Å². The quantitative estimate of drug-likeness (QED) is 0.771. The lowest BCUT2D eigenvalue weighted by Crippen LogP contribution is -2.47. The van der Waals surface area contributed by atoms with Gasteiger partial charge in [0.15, 0.2) is 0 Å². The molecule has 4 nitrogen and oxygen atoms in total. The van der Waals surface area contributed by atoms with Crippen LogP contribution in [-0.2, 0) is 4.79 Å². The minimum absolute atomic E-state index is 0.0555. The van der Waals surface area contributed by atoms with E-state index in [9.17, 15) is 9.59 Å². The van der Waals surface area contributed by atoms with Crippen molar-refractivity contribution in [3.05, 3.63) is 34.3 Å². The summed E-state index contributed by atoms with van der Waals surface area (Å²) in [5, 5.41) is 0. The Labute approximate surface area is 152 Å². The first kappa shape index (κ1) is 17.5. The predicted octanol–water partition coefficient (Wildman–Crippen LogP) is 3.56. The topological polar surface area (TPSA) is 40.6 Å². The van der Waals surface area contributed by atoms with Crippen molar-refractivity contribution in [3.8, 4) is 0 Å². The summed E-state index contributed by atoms with van der Waals surface area (Å²) in [4.78, 5) is 29.3. The molecule has 2 fully saturated rings. The van der Waals surface area contributed by atoms with E-state index in [1.165, 1.54) is 6.42 Å². The molecule has 1 atom stereocenters.